The number of rotatable bonds is 4. The second kappa shape index (κ2) is 5.85. The highest BCUT2D eigenvalue weighted by molar-refractivity contribution is 5.85. The first kappa shape index (κ1) is 15.9. The summed E-state index contributed by atoms with van der Waals surface area (Å²) in [7, 11) is 1.79. The van der Waals surface area contributed by atoms with Gasteiger partial charge in [-0.15, -0.1) is 12.4 Å². The van der Waals surface area contributed by atoms with Crippen molar-refractivity contribution >= 4 is 18.2 Å². The molecule has 1 aromatic rings. The van der Waals surface area contributed by atoms with Crippen LogP contribution in [0, 0.1) is 15.5 Å². The highest BCUT2D eigenvalue weighted by atomic mass is 35.5. The molecule has 2 rings (SSSR count). The number of nitro groups is 1. The van der Waals surface area contributed by atoms with Crippen LogP contribution in [0.15, 0.2) is 6.33 Å². The molecule has 0 bridgehead atoms. The Morgan fingerprint density at radius 1 is 1.63 bits per heavy atom. The normalized spacial score (nSPS) is 23.3. The smallest absolute Gasteiger partial charge is 0.358 e. The van der Waals surface area contributed by atoms with Crippen molar-refractivity contribution in [3.63, 3.8) is 0 Å². The number of likely N-dealkylation sites (tertiary alicyclic amines) is 1. The van der Waals surface area contributed by atoms with Crippen molar-refractivity contribution < 1.29 is 4.92 Å². The molecule has 7 nitrogen and oxygen atoms in total. The summed E-state index contributed by atoms with van der Waals surface area (Å²) in [6.07, 6.45) is 2.53. The van der Waals surface area contributed by atoms with Crippen molar-refractivity contribution in [1.29, 1.82) is 0 Å². The number of hydrogen-bond acceptors (Lipinski definition) is 5. The van der Waals surface area contributed by atoms with Gasteiger partial charge in [-0.05, 0) is 34.8 Å². The summed E-state index contributed by atoms with van der Waals surface area (Å²) in [5.41, 5.74) is 6.55. The van der Waals surface area contributed by atoms with Gasteiger partial charge < -0.3 is 20.4 Å². The zero-order chi connectivity index (χ0) is 13.3. The molecule has 2 N–H and O–H groups in total. The van der Waals surface area contributed by atoms with Gasteiger partial charge in [-0.2, -0.15) is 0 Å². The van der Waals surface area contributed by atoms with Crippen LogP contribution in [0.3, 0.4) is 0 Å². The van der Waals surface area contributed by atoms with Crippen LogP contribution in [0.5, 0.6) is 0 Å². The summed E-state index contributed by atoms with van der Waals surface area (Å²) in [6.45, 7) is 5.17. The number of aromatic nitrogens is 2. The molecule has 0 aromatic carbocycles. The third-order valence-electron chi connectivity index (χ3n) is 3.71. The number of hydrogen-bond donors (Lipinski definition) is 1. The molecule has 2 heterocycles. The van der Waals surface area contributed by atoms with E-state index < -0.39 is 4.92 Å². The van der Waals surface area contributed by atoms with Gasteiger partial charge in [0.25, 0.3) is 0 Å². The van der Waals surface area contributed by atoms with Crippen molar-refractivity contribution in [1.82, 2.24) is 14.5 Å². The average molecular weight is 290 g/mol. The van der Waals surface area contributed by atoms with Crippen LogP contribution in [0.4, 0.5) is 5.82 Å². The Morgan fingerprint density at radius 3 is 2.84 bits per heavy atom. The van der Waals surface area contributed by atoms with Crippen LogP contribution >= 0.6 is 12.4 Å². The number of halogens is 1. The largest absolute Gasteiger partial charge is 0.386 e. The van der Waals surface area contributed by atoms with Gasteiger partial charge in [0, 0.05) is 20.1 Å². The molecule has 1 aromatic heterocycles. The number of nitrogens with zero attached hydrogens (tertiary/aromatic N) is 4. The lowest BCUT2D eigenvalue weighted by Crippen LogP contribution is -2.31. The van der Waals surface area contributed by atoms with Crippen LogP contribution < -0.4 is 5.73 Å². The lowest BCUT2D eigenvalue weighted by atomic mass is 9.90. The molecular weight excluding hydrogens is 270 g/mol. The minimum absolute atomic E-state index is 0. The Morgan fingerprint density at radius 2 is 2.32 bits per heavy atom. The van der Waals surface area contributed by atoms with Crippen molar-refractivity contribution in [2.75, 3.05) is 19.6 Å². The Balaban J connectivity index is 0.00000180. The van der Waals surface area contributed by atoms with Crippen molar-refractivity contribution in [3.05, 3.63) is 22.1 Å². The van der Waals surface area contributed by atoms with E-state index in [-0.39, 0.29) is 23.6 Å². The molecule has 1 fully saturated rings. The highest BCUT2D eigenvalue weighted by Crippen LogP contribution is 2.30. The second-order valence-corrected chi connectivity index (χ2v) is 5.36. The second-order valence-electron chi connectivity index (χ2n) is 5.36. The highest BCUT2D eigenvalue weighted by Gasteiger charge is 2.34. The van der Waals surface area contributed by atoms with E-state index >= 15 is 0 Å². The summed E-state index contributed by atoms with van der Waals surface area (Å²) < 4.78 is 1.72. The molecule has 1 aliphatic rings. The fraction of sp³-hybridized carbons (Fsp3) is 0.727. The van der Waals surface area contributed by atoms with Gasteiger partial charge in [0.1, 0.15) is 5.69 Å². The Bertz CT molecular complexity index is 464. The molecule has 1 atom stereocenters. The number of nitrogens with two attached hydrogens (primary N) is 1. The molecule has 8 heteroatoms. The Kier molecular flexibility index (Phi) is 4.89. The van der Waals surface area contributed by atoms with Crippen LogP contribution in [0.25, 0.3) is 0 Å². The number of aryl methyl sites for hydroxylation is 1. The number of imidazole rings is 1. The third-order valence-corrected chi connectivity index (χ3v) is 3.71. The zero-order valence-electron chi connectivity index (χ0n) is 11.2. The van der Waals surface area contributed by atoms with E-state index in [4.69, 9.17) is 5.73 Å². The fourth-order valence-electron chi connectivity index (χ4n) is 2.42. The topological polar surface area (TPSA) is 90.2 Å². The first-order chi connectivity index (χ1) is 8.45. The van der Waals surface area contributed by atoms with Gasteiger partial charge in [0.05, 0.1) is 0 Å². The summed E-state index contributed by atoms with van der Waals surface area (Å²) in [6, 6.07) is 0. The van der Waals surface area contributed by atoms with Crippen molar-refractivity contribution in [2.45, 2.75) is 19.9 Å². The third kappa shape index (κ3) is 3.23. The van der Waals surface area contributed by atoms with Gasteiger partial charge in [-0.3, -0.25) is 4.90 Å². The van der Waals surface area contributed by atoms with Gasteiger partial charge in [0.2, 0.25) is 6.33 Å². The van der Waals surface area contributed by atoms with E-state index in [1.54, 1.807) is 11.6 Å². The SMILES string of the molecule is Cl.Cn1cnc([N+](=O)[O-])c1CN1CCC(C)(CN)C1. The van der Waals surface area contributed by atoms with Gasteiger partial charge in [-0.1, -0.05) is 6.92 Å². The Hall–Kier alpha value is -1.18. The summed E-state index contributed by atoms with van der Waals surface area (Å²) in [4.78, 5) is 16.5. The van der Waals surface area contributed by atoms with Crippen LogP contribution in [0.1, 0.15) is 19.0 Å². The maximum Gasteiger partial charge on any atom is 0.386 e. The summed E-state index contributed by atoms with van der Waals surface area (Å²) >= 11 is 0. The minimum Gasteiger partial charge on any atom is -0.358 e. The molecule has 0 saturated carbocycles. The van der Waals surface area contributed by atoms with Crippen LogP contribution in [-0.4, -0.2) is 39.0 Å². The lowest BCUT2D eigenvalue weighted by molar-refractivity contribution is -0.390. The van der Waals surface area contributed by atoms with Gasteiger partial charge in [-0.25, -0.2) is 0 Å². The predicted octanol–water partition coefficient (Wildman–Crippen LogP) is 0.921. The maximum atomic E-state index is 10.9. The molecule has 108 valence electrons. The van der Waals surface area contributed by atoms with Gasteiger partial charge >= 0.3 is 5.82 Å². The first-order valence-electron chi connectivity index (χ1n) is 6.02. The maximum absolute atomic E-state index is 10.9. The standard InChI is InChI=1S/C11H19N5O2.ClH/c1-11(6-12)3-4-15(7-11)5-9-10(16(17)18)13-8-14(9)2;/h8H,3-7,12H2,1-2H3;1H. The fourth-order valence-corrected chi connectivity index (χ4v) is 2.42. The predicted molar refractivity (Wildman–Crippen MR) is 74.2 cm³/mol. The molecule has 0 aliphatic carbocycles. The molecule has 1 saturated heterocycles. The molecule has 0 amide bonds. The first-order valence-corrected chi connectivity index (χ1v) is 6.02. The lowest BCUT2D eigenvalue weighted by Gasteiger charge is -2.22. The Labute approximate surface area is 118 Å². The molecular formula is C11H20ClN5O2. The minimum atomic E-state index is -0.423. The van der Waals surface area contributed by atoms with E-state index in [1.807, 2.05) is 0 Å². The molecule has 1 unspecified atom stereocenters. The molecule has 19 heavy (non-hydrogen) atoms. The van der Waals surface area contributed by atoms with E-state index in [0.717, 1.165) is 19.5 Å². The average Bonchev–Trinajstić information content (AvgIpc) is 2.86. The van der Waals surface area contributed by atoms with E-state index in [0.29, 0.717) is 18.8 Å². The molecule has 1 aliphatic heterocycles. The van der Waals surface area contributed by atoms with E-state index in [9.17, 15) is 10.1 Å². The van der Waals surface area contributed by atoms with Gasteiger partial charge in [0.15, 0.2) is 0 Å². The monoisotopic (exact) mass is 289 g/mol. The molecule has 0 radical (unpaired) electrons. The van der Waals surface area contributed by atoms with Crippen LogP contribution in [0.2, 0.25) is 0 Å². The van der Waals surface area contributed by atoms with Crippen molar-refractivity contribution in [3.8, 4) is 0 Å². The van der Waals surface area contributed by atoms with E-state index in [2.05, 4.69) is 16.8 Å². The quantitative estimate of drug-likeness (QED) is 0.657. The van der Waals surface area contributed by atoms with Crippen LogP contribution in [-0.2, 0) is 13.6 Å². The summed E-state index contributed by atoms with van der Waals surface area (Å²) in [5.74, 6) is -0.0427. The molecule has 0 spiro atoms. The van der Waals surface area contributed by atoms with E-state index in [1.165, 1.54) is 6.33 Å². The van der Waals surface area contributed by atoms with Crippen molar-refractivity contribution in [2.24, 2.45) is 18.2 Å². The zero-order valence-corrected chi connectivity index (χ0v) is 12.0. The summed E-state index contributed by atoms with van der Waals surface area (Å²) in [5, 5.41) is 10.9.